The molecule has 0 amide bonds. The van der Waals surface area contributed by atoms with E-state index in [2.05, 4.69) is 0 Å². The number of carbonyl (C=O) groups excluding carboxylic acids is 1. The molecule has 1 radical (unpaired) electrons. The molecule has 99 valence electrons. The third-order valence-corrected chi connectivity index (χ3v) is 4.55. The van der Waals surface area contributed by atoms with Crippen molar-refractivity contribution in [2.45, 2.75) is 9.79 Å². The first kappa shape index (κ1) is 15.4. The molecule has 0 fully saturated rings. The predicted molar refractivity (Wildman–Crippen MR) is 65.3 cm³/mol. The number of nitrogens with two attached hydrogens (primary N) is 1. The first-order valence-electron chi connectivity index (χ1n) is 4.19. The Balaban J connectivity index is 3.64. The highest BCUT2D eigenvalue weighted by molar-refractivity contribution is 8.14. The third kappa shape index (κ3) is 3.66. The Kier molecular flexibility index (Phi) is 4.39. The van der Waals surface area contributed by atoms with Gasteiger partial charge in [0.1, 0.15) is 0 Å². The number of hydrogen-bond donors (Lipinski definition) is 1. The largest absolute Gasteiger partial charge is 0.320 e. The van der Waals surface area contributed by atoms with Gasteiger partial charge in [-0.2, -0.15) is 0 Å². The van der Waals surface area contributed by atoms with E-state index in [0.29, 0.717) is 6.54 Å². The van der Waals surface area contributed by atoms with Gasteiger partial charge >= 0.3 is 0 Å². The van der Waals surface area contributed by atoms with Crippen LogP contribution in [0.25, 0.3) is 0 Å². The molecule has 10 heteroatoms. The van der Waals surface area contributed by atoms with Gasteiger partial charge < -0.3 is 5.73 Å². The number of carbonyl (C=O) groups is 1. The minimum Gasteiger partial charge on any atom is -0.320 e. The number of halogens is 2. The molecular weight excluding hydrogens is 325 g/mol. The summed E-state index contributed by atoms with van der Waals surface area (Å²) in [7, 11) is 1.75. The predicted octanol–water partition coefficient (Wildman–Crippen LogP) is 0.845. The molecule has 18 heavy (non-hydrogen) atoms. The fourth-order valence-electron chi connectivity index (χ4n) is 1.09. The van der Waals surface area contributed by atoms with Gasteiger partial charge in [-0.05, 0) is 18.2 Å². The van der Waals surface area contributed by atoms with Gasteiger partial charge in [0.05, 0.1) is 16.3 Å². The van der Waals surface area contributed by atoms with Gasteiger partial charge in [-0.1, -0.05) is 0 Å². The van der Waals surface area contributed by atoms with Crippen LogP contribution in [0.3, 0.4) is 0 Å². The normalized spacial score (nSPS) is 12.4. The van der Waals surface area contributed by atoms with Crippen molar-refractivity contribution in [1.82, 2.24) is 0 Å². The van der Waals surface area contributed by atoms with Crippen LogP contribution in [0, 0.1) is 6.54 Å². The summed E-state index contributed by atoms with van der Waals surface area (Å²) in [5, 5.41) is 0. The van der Waals surface area contributed by atoms with Crippen molar-refractivity contribution in [3.05, 3.63) is 30.3 Å². The van der Waals surface area contributed by atoms with Gasteiger partial charge in [-0.3, -0.25) is 4.79 Å². The van der Waals surface area contributed by atoms with Crippen molar-refractivity contribution in [3.8, 4) is 0 Å². The Hall–Kier alpha value is -0.670. The molecule has 0 aliphatic carbocycles. The van der Waals surface area contributed by atoms with Gasteiger partial charge in [0.15, 0.2) is 5.78 Å². The zero-order valence-electron chi connectivity index (χ0n) is 8.50. The van der Waals surface area contributed by atoms with Crippen LogP contribution < -0.4 is 5.73 Å². The van der Waals surface area contributed by atoms with E-state index in [0.717, 1.165) is 18.2 Å². The molecule has 0 saturated heterocycles. The van der Waals surface area contributed by atoms with Crippen LogP contribution in [0.4, 0.5) is 0 Å². The lowest BCUT2D eigenvalue weighted by molar-refractivity contribution is 0.102. The van der Waals surface area contributed by atoms with E-state index in [-0.39, 0.29) is 5.56 Å². The van der Waals surface area contributed by atoms with Crippen molar-refractivity contribution >= 4 is 45.2 Å². The Morgan fingerprint density at radius 2 is 1.39 bits per heavy atom. The maximum atomic E-state index is 11.3. The number of ketones is 1. The lowest BCUT2D eigenvalue weighted by atomic mass is 10.1. The Bertz CT molecular complexity index is 646. The second kappa shape index (κ2) is 5.14. The summed E-state index contributed by atoms with van der Waals surface area (Å²) in [5.41, 5.74) is 4.73. The summed E-state index contributed by atoms with van der Waals surface area (Å²) in [6, 6.07) is 2.55. The van der Waals surface area contributed by atoms with E-state index in [1.807, 2.05) is 0 Å². The molecule has 6 nitrogen and oxygen atoms in total. The minimum atomic E-state index is -4.21. The van der Waals surface area contributed by atoms with E-state index < -0.39 is 33.7 Å². The van der Waals surface area contributed by atoms with E-state index >= 15 is 0 Å². The van der Waals surface area contributed by atoms with Gasteiger partial charge in [0, 0.05) is 26.9 Å². The molecule has 0 aliphatic heterocycles. The number of Topliss-reactive ketones (excluding diaryl/α,β-unsaturated/α-hetero) is 1. The highest BCUT2D eigenvalue weighted by Gasteiger charge is 2.20. The molecule has 2 N–H and O–H groups in total. The van der Waals surface area contributed by atoms with Crippen LogP contribution in [-0.2, 0) is 18.1 Å². The van der Waals surface area contributed by atoms with Crippen LogP contribution in [0.15, 0.2) is 28.0 Å². The fraction of sp³-hybridized carbons (Fsp3) is 0. The third-order valence-electron chi connectivity index (χ3n) is 1.88. The molecule has 0 atom stereocenters. The summed E-state index contributed by atoms with van der Waals surface area (Å²) in [5.74, 6) is -0.765. The lowest BCUT2D eigenvalue weighted by Gasteiger charge is -2.04. The maximum absolute atomic E-state index is 11.3. The molecule has 0 saturated carbocycles. The molecule has 1 rings (SSSR count). The summed E-state index contributed by atoms with van der Waals surface area (Å²) in [6.45, 7) is 0.657. The zero-order chi connectivity index (χ0) is 14.1. The standard InChI is InChI=1S/C8H6Cl2NO5S2/c9-17(13,14)6-1-5(8(12)4-11)2-7(3-6)18(10,15)16/h1-4H,11H2. The maximum Gasteiger partial charge on any atom is 0.261 e. The van der Waals surface area contributed by atoms with Gasteiger partial charge in [-0.15, -0.1) is 0 Å². The molecule has 0 bridgehead atoms. The fourth-order valence-corrected chi connectivity index (χ4v) is 2.77. The monoisotopic (exact) mass is 330 g/mol. The van der Waals surface area contributed by atoms with Crippen LogP contribution in [-0.4, -0.2) is 22.6 Å². The van der Waals surface area contributed by atoms with Crippen LogP contribution >= 0.6 is 21.4 Å². The van der Waals surface area contributed by atoms with Crippen molar-refractivity contribution in [2.24, 2.45) is 5.73 Å². The van der Waals surface area contributed by atoms with Crippen LogP contribution in [0.5, 0.6) is 0 Å². The molecule has 0 aromatic heterocycles. The molecule has 0 spiro atoms. The van der Waals surface area contributed by atoms with Gasteiger partial charge in [0.25, 0.3) is 18.1 Å². The highest BCUT2D eigenvalue weighted by atomic mass is 35.7. The average molecular weight is 331 g/mol. The first-order valence-corrected chi connectivity index (χ1v) is 8.81. The second-order valence-electron chi connectivity index (χ2n) is 3.10. The van der Waals surface area contributed by atoms with Crippen LogP contribution in [0.2, 0.25) is 0 Å². The van der Waals surface area contributed by atoms with Gasteiger partial charge in [-0.25, -0.2) is 16.8 Å². The molecule has 0 aliphatic rings. The molecule has 1 aromatic carbocycles. The summed E-state index contributed by atoms with van der Waals surface area (Å²) in [6.07, 6.45) is 0. The summed E-state index contributed by atoms with van der Waals surface area (Å²) < 4.78 is 44.6. The Labute approximate surface area is 113 Å². The van der Waals surface area contributed by atoms with E-state index in [1.54, 1.807) is 0 Å². The van der Waals surface area contributed by atoms with Crippen molar-refractivity contribution in [1.29, 1.82) is 0 Å². The summed E-state index contributed by atoms with van der Waals surface area (Å²) in [4.78, 5) is 10.2. The summed E-state index contributed by atoms with van der Waals surface area (Å²) >= 11 is 0. The van der Waals surface area contributed by atoms with Crippen molar-refractivity contribution < 1.29 is 21.6 Å². The first-order chi connectivity index (χ1) is 8.05. The lowest BCUT2D eigenvalue weighted by Crippen LogP contribution is -2.09. The topological polar surface area (TPSA) is 111 Å². The smallest absolute Gasteiger partial charge is 0.261 e. The highest BCUT2D eigenvalue weighted by Crippen LogP contribution is 2.24. The Morgan fingerprint density at radius 3 is 1.67 bits per heavy atom. The molecule has 0 heterocycles. The SMILES string of the molecule is N[CH]C(=O)c1cc(S(=O)(=O)Cl)cc(S(=O)(=O)Cl)c1. The quantitative estimate of drug-likeness (QED) is 0.646. The van der Waals surface area contributed by atoms with Crippen molar-refractivity contribution in [2.75, 3.05) is 0 Å². The zero-order valence-corrected chi connectivity index (χ0v) is 11.6. The minimum absolute atomic E-state index is 0.251. The molecular formula is C8H6Cl2NO5S2. The Morgan fingerprint density at radius 1 is 1.00 bits per heavy atom. The number of hydrogen-bond acceptors (Lipinski definition) is 6. The second-order valence-corrected chi connectivity index (χ2v) is 8.23. The van der Waals surface area contributed by atoms with Gasteiger partial charge in [0.2, 0.25) is 0 Å². The van der Waals surface area contributed by atoms with E-state index in [1.165, 1.54) is 0 Å². The number of benzene rings is 1. The molecule has 0 unspecified atom stereocenters. The number of rotatable bonds is 4. The molecule has 1 aromatic rings. The average Bonchev–Trinajstić information content (AvgIpc) is 2.25. The van der Waals surface area contributed by atoms with E-state index in [9.17, 15) is 21.6 Å². The van der Waals surface area contributed by atoms with E-state index in [4.69, 9.17) is 27.1 Å². The van der Waals surface area contributed by atoms with Crippen LogP contribution in [0.1, 0.15) is 10.4 Å². The van der Waals surface area contributed by atoms with Crippen molar-refractivity contribution in [3.63, 3.8) is 0 Å².